The van der Waals surface area contributed by atoms with Crippen LogP contribution < -0.4 is 4.90 Å². The molecule has 0 saturated heterocycles. The monoisotopic (exact) mass is 238 g/mol. The maximum atomic E-state index is 9.56. The summed E-state index contributed by atoms with van der Waals surface area (Å²) in [5.41, 5.74) is 0.865. The first kappa shape index (κ1) is 13.9. The van der Waals surface area contributed by atoms with E-state index in [1.165, 1.54) is 0 Å². The third-order valence-electron chi connectivity index (χ3n) is 2.73. The average Bonchev–Trinajstić information content (AvgIpc) is 2.29. The lowest BCUT2D eigenvalue weighted by Gasteiger charge is -2.28. The van der Waals surface area contributed by atoms with Gasteiger partial charge in [0.05, 0.1) is 6.10 Å². The smallest absolute Gasteiger partial charge is 0.129 e. The average molecular weight is 238 g/mol. The molecule has 0 fully saturated rings. The third-order valence-corrected chi connectivity index (χ3v) is 2.73. The summed E-state index contributed by atoms with van der Waals surface area (Å²) in [5.74, 6) is 0.854. The molecule has 4 heteroatoms. The van der Waals surface area contributed by atoms with Crippen molar-refractivity contribution in [3.8, 4) is 0 Å². The second kappa shape index (κ2) is 6.57. The number of nitrogens with zero attached hydrogens (tertiary/aromatic N) is 2. The molecule has 0 aliphatic heterocycles. The number of anilines is 1. The number of aromatic nitrogens is 1. The van der Waals surface area contributed by atoms with Crippen molar-refractivity contribution in [1.82, 2.24) is 4.98 Å². The van der Waals surface area contributed by atoms with Crippen LogP contribution in [0.4, 0.5) is 5.82 Å². The Morgan fingerprint density at radius 2 is 2.06 bits per heavy atom. The molecule has 0 aliphatic rings. The molecular formula is C13H22N2O2. The van der Waals surface area contributed by atoms with Gasteiger partial charge in [-0.15, -0.1) is 0 Å². The Balaban J connectivity index is 2.89. The predicted octanol–water partition coefficient (Wildman–Crippen LogP) is 1.73. The number of hydrogen-bond acceptors (Lipinski definition) is 4. The quantitative estimate of drug-likeness (QED) is 0.792. The fourth-order valence-corrected chi connectivity index (χ4v) is 1.73. The van der Waals surface area contributed by atoms with Crippen LogP contribution in [0.2, 0.25) is 0 Å². The highest BCUT2D eigenvalue weighted by Crippen LogP contribution is 2.19. The SMILES string of the molecule is CC(C)N(CCCO)c1cc([C@@H](C)O)ccn1. The maximum Gasteiger partial charge on any atom is 0.129 e. The van der Waals surface area contributed by atoms with Crippen molar-refractivity contribution < 1.29 is 10.2 Å². The molecule has 96 valence electrons. The zero-order valence-electron chi connectivity index (χ0n) is 10.8. The van der Waals surface area contributed by atoms with Crippen molar-refractivity contribution in [3.63, 3.8) is 0 Å². The van der Waals surface area contributed by atoms with E-state index in [0.29, 0.717) is 6.04 Å². The Kier molecular flexibility index (Phi) is 5.38. The first-order valence-corrected chi connectivity index (χ1v) is 6.07. The Hall–Kier alpha value is -1.13. The zero-order valence-corrected chi connectivity index (χ0v) is 10.8. The first-order chi connectivity index (χ1) is 8.06. The molecule has 0 saturated carbocycles. The molecule has 0 bridgehead atoms. The highest BCUT2D eigenvalue weighted by Gasteiger charge is 2.12. The zero-order chi connectivity index (χ0) is 12.8. The van der Waals surface area contributed by atoms with Crippen molar-refractivity contribution in [2.75, 3.05) is 18.1 Å². The minimum Gasteiger partial charge on any atom is -0.396 e. The molecule has 1 rings (SSSR count). The van der Waals surface area contributed by atoms with Crippen molar-refractivity contribution in [3.05, 3.63) is 23.9 Å². The number of pyridine rings is 1. The van der Waals surface area contributed by atoms with Gasteiger partial charge in [-0.2, -0.15) is 0 Å². The fourth-order valence-electron chi connectivity index (χ4n) is 1.73. The minimum atomic E-state index is -0.483. The van der Waals surface area contributed by atoms with Crippen LogP contribution in [0, 0.1) is 0 Å². The number of aliphatic hydroxyl groups is 2. The van der Waals surface area contributed by atoms with Crippen LogP contribution in [0.5, 0.6) is 0 Å². The van der Waals surface area contributed by atoms with Gasteiger partial charge in [-0.25, -0.2) is 4.98 Å². The van der Waals surface area contributed by atoms with Crippen LogP contribution >= 0.6 is 0 Å². The van der Waals surface area contributed by atoms with Crippen LogP contribution in [0.25, 0.3) is 0 Å². The molecule has 0 radical (unpaired) electrons. The van der Waals surface area contributed by atoms with E-state index >= 15 is 0 Å². The second-order valence-electron chi connectivity index (χ2n) is 4.49. The van der Waals surface area contributed by atoms with Gasteiger partial charge in [0.25, 0.3) is 0 Å². The molecule has 0 aliphatic carbocycles. The van der Waals surface area contributed by atoms with Gasteiger partial charge in [-0.05, 0) is 44.9 Å². The number of aliphatic hydroxyl groups excluding tert-OH is 2. The van der Waals surface area contributed by atoms with Crippen LogP contribution in [0.15, 0.2) is 18.3 Å². The van der Waals surface area contributed by atoms with Crippen LogP contribution in [0.3, 0.4) is 0 Å². The van der Waals surface area contributed by atoms with E-state index in [-0.39, 0.29) is 6.61 Å². The van der Waals surface area contributed by atoms with E-state index in [2.05, 4.69) is 23.7 Å². The van der Waals surface area contributed by atoms with Gasteiger partial charge in [0, 0.05) is 25.4 Å². The van der Waals surface area contributed by atoms with Crippen LogP contribution in [-0.4, -0.2) is 34.4 Å². The van der Waals surface area contributed by atoms with E-state index in [4.69, 9.17) is 5.11 Å². The van der Waals surface area contributed by atoms with E-state index in [9.17, 15) is 5.11 Å². The van der Waals surface area contributed by atoms with Crippen molar-refractivity contribution in [1.29, 1.82) is 0 Å². The van der Waals surface area contributed by atoms with Crippen molar-refractivity contribution >= 4 is 5.82 Å². The molecule has 1 atom stereocenters. The molecule has 1 aromatic rings. The Morgan fingerprint density at radius 1 is 1.35 bits per heavy atom. The number of hydrogen-bond donors (Lipinski definition) is 2. The van der Waals surface area contributed by atoms with Gasteiger partial charge >= 0.3 is 0 Å². The predicted molar refractivity (Wildman–Crippen MR) is 69.1 cm³/mol. The van der Waals surface area contributed by atoms with Crippen LogP contribution in [0.1, 0.15) is 38.9 Å². The van der Waals surface area contributed by atoms with E-state index < -0.39 is 6.10 Å². The Morgan fingerprint density at radius 3 is 2.59 bits per heavy atom. The van der Waals surface area contributed by atoms with Crippen LogP contribution in [-0.2, 0) is 0 Å². The van der Waals surface area contributed by atoms with Gasteiger partial charge < -0.3 is 15.1 Å². The summed E-state index contributed by atoms with van der Waals surface area (Å²) < 4.78 is 0. The summed E-state index contributed by atoms with van der Waals surface area (Å²) in [6, 6.07) is 4.04. The van der Waals surface area contributed by atoms with Crippen molar-refractivity contribution in [2.45, 2.75) is 39.3 Å². The molecule has 0 unspecified atom stereocenters. The lowest BCUT2D eigenvalue weighted by Crippen LogP contribution is -2.33. The summed E-state index contributed by atoms with van der Waals surface area (Å²) in [5, 5.41) is 18.5. The van der Waals surface area contributed by atoms with Gasteiger partial charge in [-0.1, -0.05) is 0 Å². The molecule has 0 amide bonds. The lowest BCUT2D eigenvalue weighted by atomic mass is 10.1. The topological polar surface area (TPSA) is 56.6 Å². The summed E-state index contributed by atoms with van der Waals surface area (Å²) in [6.07, 6.45) is 1.95. The summed E-state index contributed by atoms with van der Waals surface area (Å²) in [4.78, 5) is 6.46. The summed E-state index contributed by atoms with van der Waals surface area (Å²) in [7, 11) is 0. The first-order valence-electron chi connectivity index (χ1n) is 6.07. The van der Waals surface area contributed by atoms with Gasteiger partial charge in [-0.3, -0.25) is 0 Å². The van der Waals surface area contributed by atoms with E-state index in [1.54, 1.807) is 13.1 Å². The van der Waals surface area contributed by atoms with E-state index in [1.807, 2.05) is 12.1 Å². The molecule has 0 spiro atoms. The van der Waals surface area contributed by atoms with Gasteiger partial charge in [0.1, 0.15) is 5.82 Å². The molecule has 0 aromatic carbocycles. The normalized spacial score (nSPS) is 12.8. The maximum absolute atomic E-state index is 9.56. The Labute approximate surface area is 103 Å². The number of rotatable bonds is 6. The summed E-state index contributed by atoms with van der Waals surface area (Å²) in [6.45, 7) is 6.87. The molecule has 1 heterocycles. The second-order valence-corrected chi connectivity index (χ2v) is 4.49. The van der Waals surface area contributed by atoms with Gasteiger partial charge in [0.2, 0.25) is 0 Å². The molecule has 1 aromatic heterocycles. The fraction of sp³-hybridized carbons (Fsp3) is 0.615. The molecule has 17 heavy (non-hydrogen) atoms. The third kappa shape index (κ3) is 3.98. The summed E-state index contributed by atoms with van der Waals surface area (Å²) >= 11 is 0. The minimum absolute atomic E-state index is 0.180. The molecule has 2 N–H and O–H groups in total. The highest BCUT2D eigenvalue weighted by molar-refractivity contribution is 5.42. The largest absolute Gasteiger partial charge is 0.396 e. The Bertz CT molecular complexity index is 340. The highest BCUT2D eigenvalue weighted by atomic mass is 16.3. The lowest BCUT2D eigenvalue weighted by molar-refractivity contribution is 0.199. The standard InChI is InChI=1S/C13H22N2O2/c1-10(2)15(7-4-8-16)13-9-12(11(3)17)5-6-14-13/h5-6,9-11,16-17H,4,7-8H2,1-3H3/t11-/m1/s1. The van der Waals surface area contributed by atoms with E-state index in [0.717, 1.165) is 24.3 Å². The molecule has 4 nitrogen and oxygen atoms in total. The molecular weight excluding hydrogens is 216 g/mol. The van der Waals surface area contributed by atoms with Gasteiger partial charge in [0.15, 0.2) is 0 Å². The van der Waals surface area contributed by atoms with Crippen molar-refractivity contribution in [2.24, 2.45) is 0 Å².